The fourth-order valence-corrected chi connectivity index (χ4v) is 0.434. The molecule has 2 unspecified atom stereocenters. The van der Waals surface area contributed by atoms with E-state index in [1.807, 2.05) is 6.92 Å². The third-order valence-electron chi connectivity index (χ3n) is 1.54. The summed E-state index contributed by atoms with van der Waals surface area (Å²) < 4.78 is 4.87. The minimum Gasteiger partial charge on any atom is -0.461 e. The van der Waals surface area contributed by atoms with Gasteiger partial charge in [0.05, 0.1) is 12.2 Å². The summed E-state index contributed by atoms with van der Waals surface area (Å²) in [4.78, 5) is 11.1. The first-order chi connectivity index (χ1) is 5.44. The molecule has 0 bridgehead atoms. The number of esters is 1. The van der Waals surface area contributed by atoms with Crippen LogP contribution < -0.4 is 5.73 Å². The number of rotatable bonds is 3. The summed E-state index contributed by atoms with van der Waals surface area (Å²) in [6.07, 6.45) is 0.529. The highest BCUT2D eigenvalue weighted by Crippen LogP contribution is 2.04. The van der Waals surface area contributed by atoms with E-state index in [4.69, 9.17) is 15.7 Å². The van der Waals surface area contributed by atoms with Gasteiger partial charge in [-0.05, 0) is 20.3 Å². The van der Waals surface area contributed by atoms with Gasteiger partial charge >= 0.3 is 5.97 Å². The van der Waals surface area contributed by atoms with E-state index in [1.54, 1.807) is 13.0 Å². The number of ether oxygens (including phenoxy) is 1. The third-order valence-corrected chi connectivity index (χ3v) is 1.54. The van der Waals surface area contributed by atoms with Gasteiger partial charge in [0.25, 0.3) is 0 Å². The van der Waals surface area contributed by atoms with E-state index in [0.29, 0.717) is 6.42 Å². The van der Waals surface area contributed by atoms with E-state index in [-0.39, 0.29) is 6.10 Å². The number of nitrogens with zero attached hydrogens (tertiary/aromatic N) is 1. The van der Waals surface area contributed by atoms with Gasteiger partial charge in [0.1, 0.15) is 0 Å². The van der Waals surface area contributed by atoms with Gasteiger partial charge in [-0.2, -0.15) is 5.26 Å². The van der Waals surface area contributed by atoms with E-state index >= 15 is 0 Å². The van der Waals surface area contributed by atoms with Crippen molar-refractivity contribution in [2.75, 3.05) is 0 Å². The SMILES string of the molecule is CCC(C)OC(=O)C(C)(N)C#N. The Morgan fingerprint density at radius 2 is 2.33 bits per heavy atom. The number of hydrogen-bond donors (Lipinski definition) is 1. The van der Waals surface area contributed by atoms with E-state index in [1.165, 1.54) is 6.92 Å². The summed E-state index contributed by atoms with van der Waals surface area (Å²) in [5, 5.41) is 8.47. The van der Waals surface area contributed by atoms with Gasteiger partial charge < -0.3 is 10.5 Å². The van der Waals surface area contributed by atoms with Crippen molar-refractivity contribution in [3.05, 3.63) is 0 Å². The van der Waals surface area contributed by atoms with Crippen LogP contribution in [0.1, 0.15) is 27.2 Å². The van der Waals surface area contributed by atoms with Crippen LogP contribution in [0.25, 0.3) is 0 Å². The highest BCUT2D eigenvalue weighted by molar-refractivity contribution is 5.83. The molecule has 0 saturated carbocycles. The smallest absolute Gasteiger partial charge is 0.340 e. The Labute approximate surface area is 72.3 Å². The molecule has 0 amide bonds. The van der Waals surface area contributed by atoms with Crippen LogP contribution in [0.5, 0.6) is 0 Å². The van der Waals surface area contributed by atoms with Crippen molar-refractivity contribution in [1.82, 2.24) is 0 Å². The predicted octanol–water partition coefficient (Wildman–Crippen LogP) is 0.569. The molecule has 0 heterocycles. The molecule has 4 nitrogen and oxygen atoms in total. The molecule has 0 aromatic carbocycles. The van der Waals surface area contributed by atoms with Crippen molar-refractivity contribution in [2.45, 2.75) is 38.8 Å². The monoisotopic (exact) mass is 170 g/mol. The molecular weight excluding hydrogens is 156 g/mol. The molecule has 0 aromatic heterocycles. The van der Waals surface area contributed by atoms with Gasteiger partial charge in [0.2, 0.25) is 0 Å². The molecular formula is C8H14N2O2. The molecule has 0 fully saturated rings. The third kappa shape index (κ3) is 2.89. The van der Waals surface area contributed by atoms with Crippen LogP contribution in [0.4, 0.5) is 0 Å². The number of nitriles is 1. The first-order valence-electron chi connectivity index (χ1n) is 3.85. The first-order valence-corrected chi connectivity index (χ1v) is 3.85. The Kier molecular flexibility index (Phi) is 3.71. The second-order valence-electron chi connectivity index (χ2n) is 2.94. The fraction of sp³-hybridized carbons (Fsp3) is 0.750. The molecule has 0 aliphatic heterocycles. The van der Waals surface area contributed by atoms with Crippen molar-refractivity contribution < 1.29 is 9.53 Å². The maximum Gasteiger partial charge on any atom is 0.340 e. The highest BCUT2D eigenvalue weighted by atomic mass is 16.5. The van der Waals surface area contributed by atoms with Crippen molar-refractivity contribution in [1.29, 1.82) is 5.26 Å². The van der Waals surface area contributed by atoms with Gasteiger partial charge in [0, 0.05) is 0 Å². The van der Waals surface area contributed by atoms with E-state index in [9.17, 15) is 4.79 Å². The van der Waals surface area contributed by atoms with E-state index in [2.05, 4.69) is 0 Å². The van der Waals surface area contributed by atoms with Crippen LogP contribution in [0.2, 0.25) is 0 Å². The van der Waals surface area contributed by atoms with Gasteiger partial charge in [-0.1, -0.05) is 6.92 Å². The van der Waals surface area contributed by atoms with Crippen LogP contribution in [0, 0.1) is 11.3 Å². The van der Waals surface area contributed by atoms with Gasteiger partial charge in [-0.25, -0.2) is 4.79 Å². The Morgan fingerprint density at radius 1 is 1.83 bits per heavy atom. The number of hydrogen-bond acceptors (Lipinski definition) is 4. The number of nitrogens with two attached hydrogens (primary N) is 1. The zero-order valence-electron chi connectivity index (χ0n) is 7.63. The minimum atomic E-state index is -1.52. The van der Waals surface area contributed by atoms with Crippen LogP contribution in [0.3, 0.4) is 0 Å². The molecule has 0 radical (unpaired) electrons. The van der Waals surface area contributed by atoms with Gasteiger partial charge in [-0.3, -0.25) is 0 Å². The highest BCUT2D eigenvalue weighted by Gasteiger charge is 2.30. The van der Waals surface area contributed by atoms with E-state index < -0.39 is 11.5 Å². The molecule has 0 saturated heterocycles. The molecule has 12 heavy (non-hydrogen) atoms. The zero-order valence-corrected chi connectivity index (χ0v) is 7.63. The van der Waals surface area contributed by atoms with Crippen LogP contribution in [-0.4, -0.2) is 17.6 Å². The molecule has 0 aromatic rings. The quantitative estimate of drug-likeness (QED) is 0.628. The van der Waals surface area contributed by atoms with Crippen LogP contribution >= 0.6 is 0 Å². The van der Waals surface area contributed by atoms with Crippen molar-refractivity contribution in [3.8, 4) is 6.07 Å². The molecule has 2 N–H and O–H groups in total. The second-order valence-corrected chi connectivity index (χ2v) is 2.94. The average molecular weight is 170 g/mol. The van der Waals surface area contributed by atoms with E-state index in [0.717, 1.165) is 0 Å². The molecule has 0 aliphatic carbocycles. The standard InChI is InChI=1S/C8H14N2O2/c1-4-6(2)12-7(11)8(3,10)5-9/h6H,4,10H2,1-3H3. The predicted molar refractivity (Wildman–Crippen MR) is 44.1 cm³/mol. The Bertz CT molecular complexity index is 206. The summed E-state index contributed by atoms with van der Waals surface area (Å²) in [6, 6.07) is 1.67. The molecule has 0 aliphatic rings. The topological polar surface area (TPSA) is 76.1 Å². The number of carbonyl (C=O) groups excluding carboxylic acids is 1. The summed E-state index contributed by atoms with van der Waals surface area (Å²) in [7, 11) is 0. The normalized spacial score (nSPS) is 17.2. The van der Waals surface area contributed by atoms with Crippen LogP contribution in [-0.2, 0) is 9.53 Å². The number of carbonyl (C=O) groups is 1. The molecule has 4 heteroatoms. The zero-order chi connectivity index (χ0) is 9.78. The average Bonchev–Trinajstić information content (AvgIpc) is 2.04. The lowest BCUT2D eigenvalue weighted by Crippen LogP contribution is -2.45. The fourth-order valence-electron chi connectivity index (χ4n) is 0.434. The Morgan fingerprint density at radius 3 is 2.67 bits per heavy atom. The Hall–Kier alpha value is -1.08. The lowest BCUT2D eigenvalue weighted by molar-refractivity contribution is -0.152. The second kappa shape index (κ2) is 4.07. The first kappa shape index (κ1) is 10.9. The Balaban J connectivity index is 4.15. The van der Waals surface area contributed by atoms with Crippen molar-refractivity contribution in [2.24, 2.45) is 5.73 Å². The minimum absolute atomic E-state index is 0.186. The molecule has 2 atom stereocenters. The lowest BCUT2D eigenvalue weighted by atomic mass is 10.1. The maximum atomic E-state index is 11.1. The summed E-state index contributed by atoms with van der Waals surface area (Å²) >= 11 is 0. The van der Waals surface area contributed by atoms with Crippen LogP contribution in [0.15, 0.2) is 0 Å². The van der Waals surface area contributed by atoms with Gasteiger partial charge in [-0.15, -0.1) is 0 Å². The maximum absolute atomic E-state index is 11.1. The molecule has 68 valence electrons. The molecule has 0 spiro atoms. The van der Waals surface area contributed by atoms with Crippen molar-refractivity contribution in [3.63, 3.8) is 0 Å². The summed E-state index contributed by atoms with van der Waals surface area (Å²) in [6.45, 7) is 4.97. The summed E-state index contributed by atoms with van der Waals surface area (Å²) in [5.41, 5.74) is 3.80. The summed E-state index contributed by atoms with van der Waals surface area (Å²) in [5.74, 6) is -0.667. The van der Waals surface area contributed by atoms with Crippen molar-refractivity contribution >= 4 is 5.97 Å². The van der Waals surface area contributed by atoms with Gasteiger partial charge in [0.15, 0.2) is 5.54 Å². The largest absolute Gasteiger partial charge is 0.461 e. The molecule has 0 rings (SSSR count). The lowest BCUT2D eigenvalue weighted by Gasteiger charge is -2.17.